The molecule has 18 heavy (non-hydrogen) atoms. The van der Waals surface area contributed by atoms with Gasteiger partial charge < -0.3 is 10.6 Å². The van der Waals surface area contributed by atoms with Crippen molar-refractivity contribution in [1.29, 1.82) is 0 Å². The Labute approximate surface area is 117 Å². The number of rotatable bonds is 3. The van der Waals surface area contributed by atoms with Gasteiger partial charge in [-0.3, -0.25) is 4.79 Å². The smallest absolute Gasteiger partial charge is 0.276 e. The summed E-state index contributed by atoms with van der Waals surface area (Å²) >= 11 is 4.97. The van der Waals surface area contributed by atoms with E-state index in [2.05, 4.69) is 25.9 Å². The molecule has 0 unspecified atom stereocenters. The van der Waals surface area contributed by atoms with E-state index in [1.54, 1.807) is 23.3 Å². The van der Waals surface area contributed by atoms with Gasteiger partial charge in [0.1, 0.15) is 0 Å². The van der Waals surface area contributed by atoms with E-state index in [1.807, 2.05) is 11.4 Å². The molecule has 0 spiro atoms. The predicted octanol–water partition coefficient (Wildman–Crippen LogP) is 2.15. The topological polar surface area (TPSA) is 72.1 Å². The number of anilines is 1. The van der Waals surface area contributed by atoms with Crippen molar-refractivity contribution >= 4 is 39.0 Å². The first-order valence-corrected chi connectivity index (χ1v) is 6.80. The minimum atomic E-state index is -0.231. The summed E-state index contributed by atoms with van der Waals surface area (Å²) in [6.45, 7) is 0.519. The molecule has 2 N–H and O–H groups in total. The summed E-state index contributed by atoms with van der Waals surface area (Å²) in [5.41, 5.74) is 5.82. The van der Waals surface area contributed by atoms with Crippen molar-refractivity contribution in [2.45, 2.75) is 6.54 Å². The molecule has 0 bridgehead atoms. The lowest BCUT2D eigenvalue weighted by molar-refractivity contribution is 0.0781. The molecule has 2 aromatic heterocycles. The minimum Gasteiger partial charge on any atom is -0.382 e. The Hall–Kier alpha value is -1.47. The second-order valence-electron chi connectivity index (χ2n) is 3.68. The SMILES string of the molecule is CN(Cc1cc(Br)cs1)C(=O)c1nccnc1N. The number of carbonyl (C=O) groups excluding carboxylic acids is 1. The molecular weight excluding hydrogens is 316 g/mol. The summed E-state index contributed by atoms with van der Waals surface area (Å²) in [6.07, 6.45) is 2.92. The van der Waals surface area contributed by atoms with Crippen LogP contribution in [0.2, 0.25) is 0 Å². The fourth-order valence-corrected chi connectivity index (χ4v) is 2.94. The van der Waals surface area contributed by atoms with Gasteiger partial charge in [0.15, 0.2) is 11.5 Å². The van der Waals surface area contributed by atoms with Crippen LogP contribution in [0.4, 0.5) is 5.82 Å². The number of nitrogens with zero attached hydrogens (tertiary/aromatic N) is 3. The summed E-state index contributed by atoms with van der Waals surface area (Å²) in [5, 5.41) is 1.98. The highest BCUT2D eigenvalue weighted by Crippen LogP contribution is 2.21. The molecule has 2 rings (SSSR count). The first-order valence-electron chi connectivity index (χ1n) is 5.13. The average Bonchev–Trinajstić information content (AvgIpc) is 2.74. The highest BCUT2D eigenvalue weighted by atomic mass is 79.9. The number of halogens is 1. The summed E-state index contributed by atoms with van der Waals surface area (Å²) in [4.78, 5) is 22.6. The van der Waals surface area contributed by atoms with Crippen molar-refractivity contribution in [3.63, 3.8) is 0 Å². The number of aromatic nitrogens is 2. The zero-order valence-electron chi connectivity index (χ0n) is 9.63. The molecule has 0 radical (unpaired) electrons. The first kappa shape index (κ1) is 13.0. The lowest BCUT2D eigenvalue weighted by atomic mass is 10.3. The van der Waals surface area contributed by atoms with E-state index in [1.165, 1.54) is 12.4 Å². The molecular formula is C11H11BrN4OS. The van der Waals surface area contributed by atoms with E-state index < -0.39 is 0 Å². The van der Waals surface area contributed by atoms with Crippen LogP contribution in [0.3, 0.4) is 0 Å². The Morgan fingerprint density at radius 3 is 2.83 bits per heavy atom. The normalized spacial score (nSPS) is 10.3. The zero-order chi connectivity index (χ0) is 13.1. The van der Waals surface area contributed by atoms with Crippen molar-refractivity contribution in [1.82, 2.24) is 14.9 Å². The highest BCUT2D eigenvalue weighted by Gasteiger charge is 2.17. The van der Waals surface area contributed by atoms with Gasteiger partial charge in [0.2, 0.25) is 0 Å². The van der Waals surface area contributed by atoms with Crippen molar-refractivity contribution < 1.29 is 4.79 Å². The zero-order valence-corrected chi connectivity index (χ0v) is 12.0. The van der Waals surface area contributed by atoms with Crippen LogP contribution in [-0.2, 0) is 6.54 Å². The maximum absolute atomic E-state index is 12.1. The van der Waals surface area contributed by atoms with Gasteiger partial charge in [0.25, 0.3) is 5.91 Å². The Kier molecular flexibility index (Phi) is 3.93. The molecule has 0 atom stereocenters. The number of nitrogen functional groups attached to an aromatic ring is 1. The monoisotopic (exact) mass is 326 g/mol. The maximum atomic E-state index is 12.1. The molecule has 2 heterocycles. The molecule has 0 aromatic carbocycles. The lowest BCUT2D eigenvalue weighted by Crippen LogP contribution is -2.27. The number of amides is 1. The van der Waals surface area contributed by atoms with Crippen LogP contribution in [0, 0.1) is 0 Å². The molecule has 0 saturated heterocycles. The van der Waals surface area contributed by atoms with Gasteiger partial charge in [-0.1, -0.05) is 0 Å². The van der Waals surface area contributed by atoms with Gasteiger partial charge in [-0.2, -0.15) is 0 Å². The summed E-state index contributed by atoms with van der Waals surface area (Å²) < 4.78 is 1.02. The largest absolute Gasteiger partial charge is 0.382 e. The molecule has 0 aliphatic carbocycles. The standard InChI is InChI=1S/C11H11BrN4OS/c1-16(5-8-4-7(12)6-18-8)11(17)9-10(13)15-3-2-14-9/h2-4,6H,5H2,1H3,(H2,13,15). The molecule has 5 nitrogen and oxygen atoms in total. The highest BCUT2D eigenvalue weighted by molar-refractivity contribution is 9.10. The predicted molar refractivity (Wildman–Crippen MR) is 74.3 cm³/mol. The van der Waals surface area contributed by atoms with Crippen molar-refractivity contribution in [2.75, 3.05) is 12.8 Å². The molecule has 7 heteroatoms. The third kappa shape index (κ3) is 2.85. The van der Waals surface area contributed by atoms with Crippen LogP contribution in [-0.4, -0.2) is 27.8 Å². The fraction of sp³-hybridized carbons (Fsp3) is 0.182. The van der Waals surface area contributed by atoms with Crippen LogP contribution in [0.5, 0.6) is 0 Å². The molecule has 2 aromatic rings. The second-order valence-corrected chi connectivity index (χ2v) is 5.59. The van der Waals surface area contributed by atoms with Crippen molar-refractivity contribution in [3.05, 3.63) is 38.9 Å². The number of nitrogens with two attached hydrogens (primary N) is 1. The van der Waals surface area contributed by atoms with Crippen molar-refractivity contribution in [2.24, 2.45) is 0 Å². The summed E-state index contributed by atoms with van der Waals surface area (Å²) in [5.74, 6) is -0.0770. The maximum Gasteiger partial charge on any atom is 0.276 e. The molecule has 0 fully saturated rings. The Morgan fingerprint density at radius 1 is 1.50 bits per heavy atom. The Morgan fingerprint density at radius 2 is 2.22 bits per heavy atom. The molecule has 1 amide bonds. The number of thiophene rings is 1. The lowest BCUT2D eigenvalue weighted by Gasteiger charge is -2.16. The fourth-order valence-electron chi connectivity index (χ4n) is 1.44. The number of hydrogen-bond acceptors (Lipinski definition) is 5. The van der Waals surface area contributed by atoms with E-state index in [4.69, 9.17) is 5.73 Å². The first-order chi connectivity index (χ1) is 8.58. The van der Waals surface area contributed by atoms with Crippen LogP contribution in [0.15, 0.2) is 28.3 Å². The third-order valence-corrected chi connectivity index (χ3v) is 3.97. The average molecular weight is 327 g/mol. The van der Waals surface area contributed by atoms with Gasteiger partial charge in [-0.05, 0) is 22.0 Å². The van der Waals surface area contributed by atoms with Crippen molar-refractivity contribution in [3.8, 4) is 0 Å². The van der Waals surface area contributed by atoms with Gasteiger partial charge in [0, 0.05) is 34.2 Å². The van der Waals surface area contributed by atoms with Gasteiger partial charge in [-0.25, -0.2) is 9.97 Å². The third-order valence-electron chi connectivity index (χ3n) is 2.29. The van der Waals surface area contributed by atoms with Crippen LogP contribution in [0.1, 0.15) is 15.4 Å². The molecule has 94 valence electrons. The minimum absolute atomic E-state index is 0.154. The van der Waals surface area contributed by atoms with E-state index in [0.29, 0.717) is 6.54 Å². The van der Waals surface area contributed by atoms with E-state index in [9.17, 15) is 4.79 Å². The molecule has 0 aliphatic rings. The Bertz CT molecular complexity index is 572. The van der Waals surface area contributed by atoms with E-state index in [0.717, 1.165) is 9.35 Å². The quantitative estimate of drug-likeness (QED) is 0.938. The van der Waals surface area contributed by atoms with E-state index >= 15 is 0 Å². The van der Waals surface area contributed by atoms with Gasteiger partial charge in [-0.15, -0.1) is 11.3 Å². The summed E-state index contributed by atoms with van der Waals surface area (Å²) in [6, 6.07) is 1.98. The molecule has 0 saturated carbocycles. The van der Waals surface area contributed by atoms with Crippen LogP contribution in [0.25, 0.3) is 0 Å². The van der Waals surface area contributed by atoms with Crippen LogP contribution >= 0.6 is 27.3 Å². The van der Waals surface area contributed by atoms with Gasteiger partial charge in [0.05, 0.1) is 6.54 Å². The summed E-state index contributed by atoms with van der Waals surface area (Å²) in [7, 11) is 1.71. The van der Waals surface area contributed by atoms with Crippen LogP contribution < -0.4 is 5.73 Å². The number of hydrogen-bond donors (Lipinski definition) is 1. The second kappa shape index (κ2) is 5.45. The number of carbonyl (C=O) groups is 1. The van der Waals surface area contributed by atoms with E-state index in [-0.39, 0.29) is 17.4 Å². The Balaban J connectivity index is 2.12. The van der Waals surface area contributed by atoms with Gasteiger partial charge >= 0.3 is 0 Å². The molecule has 0 aliphatic heterocycles.